The van der Waals surface area contributed by atoms with Crippen molar-refractivity contribution in [3.8, 4) is 0 Å². The second-order valence-corrected chi connectivity index (χ2v) is 5.57. The summed E-state index contributed by atoms with van der Waals surface area (Å²) in [6, 6.07) is 3.10. The quantitative estimate of drug-likeness (QED) is 0.920. The molecule has 0 bridgehead atoms. The van der Waals surface area contributed by atoms with Crippen molar-refractivity contribution < 1.29 is 13.5 Å². The van der Waals surface area contributed by atoms with Gasteiger partial charge in [-0.15, -0.1) is 0 Å². The molecular formula is C15H22F2N2O. The maximum absolute atomic E-state index is 14.2. The van der Waals surface area contributed by atoms with Crippen LogP contribution in [-0.2, 0) is 11.3 Å². The van der Waals surface area contributed by atoms with Gasteiger partial charge in [0.15, 0.2) is 0 Å². The Morgan fingerprint density at radius 2 is 2.00 bits per heavy atom. The third-order valence-corrected chi connectivity index (χ3v) is 3.35. The number of nitrogens with zero attached hydrogens (tertiary/aromatic N) is 1. The molecule has 1 N–H and O–H groups in total. The number of benzene rings is 1. The van der Waals surface area contributed by atoms with Crippen molar-refractivity contribution in [2.45, 2.75) is 39.5 Å². The van der Waals surface area contributed by atoms with E-state index in [0.717, 1.165) is 0 Å². The van der Waals surface area contributed by atoms with Gasteiger partial charge in [-0.1, -0.05) is 13.8 Å². The van der Waals surface area contributed by atoms with Crippen LogP contribution in [0.3, 0.4) is 0 Å². The molecule has 1 saturated heterocycles. The molecule has 112 valence electrons. The number of halogens is 2. The minimum Gasteiger partial charge on any atom is -0.375 e. The van der Waals surface area contributed by atoms with Crippen molar-refractivity contribution in [2.24, 2.45) is 0 Å². The number of rotatable bonds is 4. The summed E-state index contributed by atoms with van der Waals surface area (Å²) < 4.78 is 33.8. The minimum atomic E-state index is -0.500. The van der Waals surface area contributed by atoms with E-state index in [-0.39, 0.29) is 17.8 Å². The Morgan fingerprint density at radius 3 is 2.55 bits per heavy atom. The van der Waals surface area contributed by atoms with Crippen molar-refractivity contribution in [1.29, 1.82) is 0 Å². The van der Waals surface area contributed by atoms with Crippen LogP contribution in [0.4, 0.5) is 14.5 Å². The summed E-state index contributed by atoms with van der Waals surface area (Å²) in [4.78, 5) is 1.72. The standard InChI is InChI=1S/C15H22F2N2O/c1-10(2)18-8-12-6-13(16)15(14(17)7-12)19-4-5-20-11(3)9-19/h6-7,10-11,18H,4-5,8-9H2,1-3H3. The van der Waals surface area contributed by atoms with E-state index in [1.165, 1.54) is 12.1 Å². The topological polar surface area (TPSA) is 24.5 Å². The first-order chi connectivity index (χ1) is 9.47. The molecule has 0 amide bonds. The van der Waals surface area contributed by atoms with E-state index in [1.54, 1.807) is 4.90 Å². The zero-order valence-electron chi connectivity index (χ0n) is 12.2. The molecule has 1 heterocycles. The Labute approximate surface area is 118 Å². The minimum absolute atomic E-state index is 0.00941. The fraction of sp³-hybridized carbons (Fsp3) is 0.600. The van der Waals surface area contributed by atoms with Crippen LogP contribution in [0.1, 0.15) is 26.3 Å². The van der Waals surface area contributed by atoms with Crippen LogP contribution in [0.15, 0.2) is 12.1 Å². The van der Waals surface area contributed by atoms with Crippen molar-refractivity contribution in [3.05, 3.63) is 29.3 Å². The van der Waals surface area contributed by atoms with Gasteiger partial charge in [0, 0.05) is 25.7 Å². The molecule has 1 aromatic carbocycles. The molecule has 0 aromatic heterocycles. The number of anilines is 1. The van der Waals surface area contributed by atoms with Crippen molar-refractivity contribution in [3.63, 3.8) is 0 Å². The monoisotopic (exact) mass is 284 g/mol. The van der Waals surface area contributed by atoms with Crippen LogP contribution in [0.5, 0.6) is 0 Å². The third kappa shape index (κ3) is 3.67. The lowest BCUT2D eigenvalue weighted by Crippen LogP contribution is -2.42. The molecule has 1 unspecified atom stereocenters. The van der Waals surface area contributed by atoms with Crippen molar-refractivity contribution in [1.82, 2.24) is 5.32 Å². The van der Waals surface area contributed by atoms with Crippen LogP contribution in [0, 0.1) is 11.6 Å². The molecule has 3 nitrogen and oxygen atoms in total. The molecule has 1 aliphatic heterocycles. The first kappa shape index (κ1) is 15.2. The second kappa shape index (κ2) is 6.50. The Bertz CT molecular complexity index is 442. The highest BCUT2D eigenvalue weighted by Crippen LogP contribution is 2.26. The zero-order valence-corrected chi connectivity index (χ0v) is 12.2. The maximum atomic E-state index is 14.2. The summed E-state index contributed by atoms with van der Waals surface area (Å²) in [6.45, 7) is 7.89. The maximum Gasteiger partial charge on any atom is 0.149 e. The highest BCUT2D eigenvalue weighted by Gasteiger charge is 2.23. The van der Waals surface area contributed by atoms with E-state index >= 15 is 0 Å². The van der Waals surface area contributed by atoms with Gasteiger partial charge in [-0.25, -0.2) is 8.78 Å². The Morgan fingerprint density at radius 1 is 1.35 bits per heavy atom. The summed E-state index contributed by atoms with van der Waals surface area (Å²) in [7, 11) is 0. The number of hydrogen-bond acceptors (Lipinski definition) is 3. The average Bonchev–Trinajstić information content (AvgIpc) is 2.35. The van der Waals surface area contributed by atoms with Gasteiger partial charge in [0.1, 0.15) is 17.3 Å². The van der Waals surface area contributed by atoms with Gasteiger partial charge in [-0.3, -0.25) is 0 Å². The number of hydrogen-bond donors (Lipinski definition) is 1. The number of morpholine rings is 1. The first-order valence-corrected chi connectivity index (χ1v) is 7.05. The summed E-state index contributed by atoms with van der Waals surface area (Å²) in [5.74, 6) is -1.00. The van der Waals surface area contributed by atoms with E-state index in [0.29, 0.717) is 31.8 Å². The Hall–Kier alpha value is -1.20. The van der Waals surface area contributed by atoms with Gasteiger partial charge in [0.2, 0.25) is 0 Å². The predicted molar refractivity (Wildman–Crippen MR) is 76.0 cm³/mol. The van der Waals surface area contributed by atoms with E-state index < -0.39 is 11.6 Å². The molecule has 2 rings (SSSR count). The van der Waals surface area contributed by atoms with Gasteiger partial charge < -0.3 is 15.0 Å². The normalized spacial score (nSPS) is 19.7. The third-order valence-electron chi connectivity index (χ3n) is 3.35. The second-order valence-electron chi connectivity index (χ2n) is 5.57. The largest absolute Gasteiger partial charge is 0.375 e. The number of ether oxygens (including phenoxy) is 1. The van der Waals surface area contributed by atoms with Gasteiger partial charge in [0.25, 0.3) is 0 Å². The molecule has 0 spiro atoms. The highest BCUT2D eigenvalue weighted by atomic mass is 19.1. The fourth-order valence-corrected chi connectivity index (χ4v) is 2.37. The smallest absolute Gasteiger partial charge is 0.149 e. The fourth-order valence-electron chi connectivity index (χ4n) is 2.37. The van der Waals surface area contributed by atoms with Crippen LogP contribution in [0.25, 0.3) is 0 Å². The van der Waals surface area contributed by atoms with E-state index in [4.69, 9.17) is 4.74 Å². The van der Waals surface area contributed by atoms with Crippen LogP contribution >= 0.6 is 0 Å². The summed E-state index contributed by atoms with van der Waals surface area (Å²) in [6.07, 6.45) is -0.00941. The summed E-state index contributed by atoms with van der Waals surface area (Å²) in [5.41, 5.74) is 0.687. The molecule has 1 aliphatic rings. The van der Waals surface area contributed by atoms with Gasteiger partial charge in [-0.05, 0) is 24.6 Å². The molecule has 20 heavy (non-hydrogen) atoms. The summed E-state index contributed by atoms with van der Waals surface area (Å²) in [5, 5.41) is 3.16. The molecule has 1 fully saturated rings. The zero-order chi connectivity index (χ0) is 14.7. The lowest BCUT2D eigenvalue weighted by molar-refractivity contribution is 0.0527. The molecule has 0 saturated carbocycles. The van der Waals surface area contributed by atoms with Crippen LogP contribution in [0.2, 0.25) is 0 Å². The molecule has 1 atom stereocenters. The lowest BCUT2D eigenvalue weighted by Gasteiger charge is -2.33. The van der Waals surface area contributed by atoms with Crippen molar-refractivity contribution in [2.75, 3.05) is 24.6 Å². The van der Waals surface area contributed by atoms with E-state index in [1.807, 2.05) is 20.8 Å². The Balaban J connectivity index is 2.17. The van der Waals surface area contributed by atoms with Crippen LogP contribution in [-0.4, -0.2) is 31.8 Å². The van der Waals surface area contributed by atoms with Gasteiger partial charge in [-0.2, -0.15) is 0 Å². The number of nitrogens with one attached hydrogen (secondary N) is 1. The SMILES string of the molecule is CC(C)NCc1cc(F)c(N2CCOC(C)C2)c(F)c1. The molecule has 1 aromatic rings. The van der Waals surface area contributed by atoms with E-state index in [2.05, 4.69) is 5.32 Å². The van der Waals surface area contributed by atoms with E-state index in [9.17, 15) is 8.78 Å². The summed E-state index contributed by atoms with van der Waals surface area (Å²) >= 11 is 0. The molecule has 0 radical (unpaired) electrons. The molecular weight excluding hydrogens is 262 g/mol. The first-order valence-electron chi connectivity index (χ1n) is 7.05. The average molecular weight is 284 g/mol. The molecule has 5 heteroatoms. The van der Waals surface area contributed by atoms with Crippen LogP contribution < -0.4 is 10.2 Å². The van der Waals surface area contributed by atoms with Crippen molar-refractivity contribution >= 4 is 5.69 Å². The van der Waals surface area contributed by atoms with Gasteiger partial charge >= 0.3 is 0 Å². The lowest BCUT2D eigenvalue weighted by atomic mass is 10.1. The Kier molecular flexibility index (Phi) is 4.94. The van der Waals surface area contributed by atoms with Gasteiger partial charge in [0.05, 0.1) is 12.7 Å². The highest BCUT2D eigenvalue weighted by molar-refractivity contribution is 5.51. The molecule has 0 aliphatic carbocycles. The predicted octanol–water partition coefficient (Wildman–Crippen LogP) is 2.69.